The van der Waals surface area contributed by atoms with Crippen LogP contribution in [0, 0.1) is 0 Å². The summed E-state index contributed by atoms with van der Waals surface area (Å²) in [5.41, 5.74) is 0. The number of halogens is 3. The van der Waals surface area contributed by atoms with Crippen molar-refractivity contribution in [2.24, 2.45) is 0 Å². The molecule has 1 saturated heterocycles. The molecule has 1 fully saturated rings. The Morgan fingerprint density at radius 3 is 2.41 bits per heavy atom. The average Bonchev–Trinajstić information content (AvgIpc) is 2.21. The summed E-state index contributed by atoms with van der Waals surface area (Å²) in [6.07, 6.45) is -0.856. The third-order valence-corrected chi connectivity index (χ3v) is 3.09. The summed E-state index contributed by atoms with van der Waals surface area (Å²) in [6.45, 7) is 0. The topological polar surface area (TPSA) is 52.6 Å². The molecule has 17 heavy (non-hydrogen) atoms. The van der Waals surface area contributed by atoms with E-state index in [1.165, 1.54) is 12.1 Å². The summed E-state index contributed by atoms with van der Waals surface area (Å²) >= 11 is 17.3. The van der Waals surface area contributed by atoms with E-state index < -0.39 is 18.0 Å². The van der Waals surface area contributed by atoms with Gasteiger partial charge in [-0.25, -0.2) is 4.79 Å². The summed E-state index contributed by atoms with van der Waals surface area (Å²) < 4.78 is 9.49. The first-order valence-electron chi connectivity index (χ1n) is 4.53. The molecule has 1 heterocycles. The van der Waals surface area contributed by atoms with E-state index in [4.69, 9.17) is 39.5 Å². The van der Waals surface area contributed by atoms with Crippen molar-refractivity contribution >= 4 is 46.7 Å². The summed E-state index contributed by atoms with van der Waals surface area (Å²) in [7, 11) is 0. The fourth-order valence-corrected chi connectivity index (χ4v) is 1.76. The molecule has 0 aliphatic carbocycles. The number of esters is 2. The first-order chi connectivity index (χ1) is 7.97. The molecule has 0 radical (unpaired) electrons. The zero-order valence-electron chi connectivity index (χ0n) is 8.21. The standard InChI is InChI=1S/C10H5Cl3O4/c11-4-1-6(13)7(2-5(4)12)17-10(15)8-3-9(14)16-8/h1-2,8H,3H2. The van der Waals surface area contributed by atoms with Crippen LogP contribution in [0.2, 0.25) is 15.1 Å². The van der Waals surface area contributed by atoms with Crippen molar-refractivity contribution in [2.45, 2.75) is 12.5 Å². The van der Waals surface area contributed by atoms with Gasteiger partial charge in [0.25, 0.3) is 0 Å². The van der Waals surface area contributed by atoms with Crippen molar-refractivity contribution in [3.63, 3.8) is 0 Å². The van der Waals surface area contributed by atoms with Crippen LogP contribution in [0.25, 0.3) is 0 Å². The quantitative estimate of drug-likeness (QED) is 0.478. The van der Waals surface area contributed by atoms with Crippen LogP contribution in [0.15, 0.2) is 12.1 Å². The van der Waals surface area contributed by atoms with Gasteiger partial charge >= 0.3 is 11.9 Å². The Kier molecular flexibility index (Phi) is 3.47. The van der Waals surface area contributed by atoms with Crippen molar-refractivity contribution in [3.8, 4) is 5.75 Å². The highest BCUT2D eigenvalue weighted by Crippen LogP contribution is 2.34. The van der Waals surface area contributed by atoms with Crippen LogP contribution in [0.3, 0.4) is 0 Å². The minimum atomic E-state index is -0.868. The lowest BCUT2D eigenvalue weighted by molar-refractivity contribution is -0.180. The lowest BCUT2D eigenvalue weighted by atomic mass is 10.2. The first kappa shape index (κ1) is 12.5. The second kappa shape index (κ2) is 4.72. The number of carbonyl (C=O) groups is 2. The Hall–Kier alpha value is -0.970. The van der Waals surface area contributed by atoms with E-state index in [-0.39, 0.29) is 27.2 Å². The normalized spacial score (nSPS) is 18.3. The maximum Gasteiger partial charge on any atom is 0.353 e. The molecule has 0 aromatic heterocycles. The van der Waals surface area contributed by atoms with Crippen LogP contribution in [0.5, 0.6) is 5.75 Å². The molecule has 1 aromatic rings. The Morgan fingerprint density at radius 2 is 1.82 bits per heavy atom. The maximum absolute atomic E-state index is 11.5. The fourth-order valence-electron chi connectivity index (χ4n) is 1.19. The van der Waals surface area contributed by atoms with E-state index in [0.29, 0.717) is 0 Å². The number of hydrogen-bond acceptors (Lipinski definition) is 4. The van der Waals surface area contributed by atoms with E-state index in [2.05, 4.69) is 4.74 Å². The summed E-state index contributed by atoms with van der Waals surface area (Å²) in [6, 6.07) is 2.69. The van der Waals surface area contributed by atoms with Crippen molar-refractivity contribution in [2.75, 3.05) is 0 Å². The van der Waals surface area contributed by atoms with Crippen LogP contribution in [0.4, 0.5) is 0 Å². The average molecular weight is 296 g/mol. The van der Waals surface area contributed by atoms with Crippen LogP contribution >= 0.6 is 34.8 Å². The van der Waals surface area contributed by atoms with Gasteiger partial charge in [0.15, 0.2) is 5.75 Å². The van der Waals surface area contributed by atoms with Gasteiger partial charge in [-0.1, -0.05) is 34.8 Å². The van der Waals surface area contributed by atoms with Gasteiger partial charge in [0.2, 0.25) is 6.10 Å². The van der Waals surface area contributed by atoms with Gasteiger partial charge in [-0.05, 0) is 6.07 Å². The van der Waals surface area contributed by atoms with Crippen molar-refractivity contribution in [3.05, 3.63) is 27.2 Å². The molecule has 1 unspecified atom stereocenters. The van der Waals surface area contributed by atoms with Crippen LogP contribution < -0.4 is 4.74 Å². The molecule has 1 atom stereocenters. The molecule has 0 saturated carbocycles. The molecule has 7 heteroatoms. The molecule has 2 rings (SSSR count). The van der Waals surface area contributed by atoms with Gasteiger partial charge in [-0.15, -0.1) is 0 Å². The number of hydrogen-bond donors (Lipinski definition) is 0. The zero-order chi connectivity index (χ0) is 12.6. The zero-order valence-corrected chi connectivity index (χ0v) is 10.5. The van der Waals surface area contributed by atoms with Crippen LogP contribution in [-0.4, -0.2) is 18.0 Å². The fraction of sp³-hybridized carbons (Fsp3) is 0.200. The monoisotopic (exact) mass is 294 g/mol. The van der Waals surface area contributed by atoms with E-state index in [1.807, 2.05) is 0 Å². The Bertz CT molecular complexity index is 493. The lowest BCUT2D eigenvalue weighted by Crippen LogP contribution is -2.41. The van der Waals surface area contributed by atoms with Gasteiger partial charge < -0.3 is 9.47 Å². The number of ether oxygens (including phenoxy) is 2. The Morgan fingerprint density at radius 1 is 1.24 bits per heavy atom. The Balaban J connectivity index is 2.11. The van der Waals surface area contributed by atoms with Crippen LogP contribution in [0.1, 0.15) is 6.42 Å². The maximum atomic E-state index is 11.5. The predicted octanol–water partition coefficient (Wildman–Crippen LogP) is 2.87. The molecule has 0 spiro atoms. The lowest BCUT2D eigenvalue weighted by Gasteiger charge is -2.23. The van der Waals surface area contributed by atoms with Gasteiger partial charge in [0, 0.05) is 6.07 Å². The number of carbonyl (C=O) groups excluding carboxylic acids is 2. The molecule has 90 valence electrons. The third kappa shape index (κ3) is 2.65. The highest BCUT2D eigenvalue weighted by atomic mass is 35.5. The largest absolute Gasteiger partial charge is 0.450 e. The second-order valence-corrected chi connectivity index (χ2v) is 4.52. The molecule has 1 aromatic carbocycles. The van der Waals surface area contributed by atoms with Gasteiger partial charge in [0.1, 0.15) is 0 Å². The highest BCUT2D eigenvalue weighted by Gasteiger charge is 2.37. The molecule has 0 bridgehead atoms. The summed E-state index contributed by atoms with van der Waals surface area (Å²) in [5.74, 6) is -1.05. The number of rotatable bonds is 2. The van der Waals surface area contributed by atoms with E-state index in [9.17, 15) is 9.59 Å². The van der Waals surface area contributed by atoms with Crippen LogP contribution in [-0.2, 0) is 14.3 Å². The van der Waals surface area contributed by atoms with E-state index in [1.54, 1.807) is 0 Å². The molecule has 4 nitrogen and oxygen atoms in total. The number of cyclic esters (lactones) is 1. The number of benzene rings is 1. The van der Waals surface area contributed by atoms with Crippen molar-refractivity contribution < 1.29 is 19.1 Å². The smallest absolute Gasteiger partial charge is 0.353 e. The van der Waals surface area contributed by atoms with Crippen molar-refractivity contribution in [1.29, 1.82) is 0 Å². The third-order valence-electron chi connectivity index (χ3n) is 2.07. The van der Waals surface area contributed by atoms with Crippen molar-refractivity contribution in [1.82, 2.24) is 0 Å². The molecule has 1 aliphatic rings. The first-order valence-corrected chi connectivity index (χ1v) is 5.66. The minimum absolute atomic E-state index is 0.0117. The SMILES string of the molecule is O=C1CC(C(=O)Oc2cc(Cl)c(Cl)cc2Cl)O1. The van der Waals surface area contributed by atoms with E-state index in [0.717, 1.165) is 0 Å². The summed E-state index contributed by atoms with van der Waals surface area (Å²) in [4.78, 5) is 22.0. The minimum Gasteiger partial charge on any atom is -0.450 e. The molecule has 1 aliphatic heterocycles. The molecule has 0 N–H and O–H groups in total. The van der Waals surface area contributed by atoms with E-state index >= 15 is 0 Å². The van der Waals surface area contributed by atoms with Gasteiger partial charge in [0.05, 0.1) is 21.5 Å². The summed E-state index contributed by atoms with van der Waals surface area (Å²) in [5, 5.41) is 0.620. The highest BCUT2D eigenvalue weighted by molar-refractivity contribution is 6.43. The Labute approximate surface area is 111 Å². The van der Waals surface area contributed by atoms with Gasteiger partial charge in [-0.3, -0.25) is 4.79 Å². The predicted molar refractivity (Wildman–Crippen MR) is 61.6 cm³/mol. The molecular formula is C10H5Cl3O4. The second-order valence-electron chi connectivity index (χ2n) is 3.30. The molecular weight excluding hydrogens is 290 g/mol. The van der Waals surface area contributed by atoms with Gasteiger partial charge in [-0.2, -0.15) is 0 Å². The molecule has 0 amide bonds.